The molecular weight excluding hydrogens is 112 g/mol. The fourth-order valence-corrected chi connectivity index (χ4v) is 1.70. The molecule has 1 unspecified atom stereocenters. The fraction of sp³-hybridized carbons (Fsp3) is 0.875. The van der Waals surface area contributed by atoms with Gasteiger partial charge >= 0.3 is 0 Å². The average Bonchev–Trinajstić information content (AvgIpc) is 2.18. The van der Waals surface area contributed by atoms with Crippen LogP contribution in [0.3, 0.4) is 0 Å². The molecule has 1 heteroatoms. The normalized spacial score (nSPS) is 34.8. The summed E-state index contributed by atoms with van der Waals surface area (Å²) in [6.07, 6.45) is 5.80. The van der Waals surface area contributed by atoms with E-state index in [1.807, 2.05) is 0 Å². The highest BCUT2D eigenvalue weighted by atomic mass is 16.1. The zero-order valence-corrected chi connectivity index (χ0v) is 5.97. The molecule has 1 rings (SSSR count). The van der Waals surface area contributed by atoms with E-state index < -0.39 is 0 Å². The SMILES string of the molecule is C[C@@H]1CCCC1CC=O. The van der Waals surface area contributed by atoms with Crippen LogP contribution in [0.2, 0.25) is 0 Å². The van der Waals surface area contributed by atoms with Crippen LogP contribution in [0.25, 0.3) is 0 Å². The number of aldehydes is 1. The number of carbonyl (C=O) groups is 1. The van der Waals surface area contributed by atoms with Crippen molar-refractivity contribution in [2.24, 2.45) is 11.8 Å². The fourth-order valence-electron chi connectivity index (χ4n) is 1.70. The van der Waals surface area contributed by atoms with E-state index in [1.165, 1.54) is 19.3 Å². The summed E-state index contributed by atoms with van der Waals surface area (Å²) in [5, 5.41) is 0. The molecule has 52 valence electrons. The molecule has 0 aromatic carbocycles. The van der Waals surface area contributed by atoms with Crippen molar-refractivity contribution in [3.05, 3.63) is 0 Å². The highest BCUT2D eigenvalue weighted by Gasteiger charge is 2.21. The van der Waals surface area contributed by atoms with Gasteiger partial charge in [-0.3, -0.25) is 0 Å². The summed E-state index contributed by atoms with van der Waals surface area (Å²) in [5.41, 5.74) is 0. The second-order valence-electron chi connectivity index (χ2n) is 3.07. The lowest BCUT2D eigenvalue weighted by molar-refractivity contribution is -0.108. The van der Waals surface area contributed by atoms with Crippen molar-refractivity contribution >= 4 is 6.29 Å². The second kappa shape index (κ2) is 3.00. The van der Waals surface area contributed by atoms with Gasteiger partial charge in [-0.05, 0) is 18.3 Å². The zero-order chi connectivity index (χ0) is 6.69. The topological polar surface area (TPSA) is 17.1 Å². The number of rotatable bonds is 2. The van der Waals surface area contributed by atoms with Gasteiger partial charge in [0.25, 0.3) is 0 Å². The first-order valence-electron chi connectivity index (χ1n) is 3.78. The first-order valence-corrected chi connectivity index (χ1v) is 3.78. The first-order chi connectivity index (χ1) is 4.34. The lowest BCUT2D eigenvalue weighted by atomic mass is 9.96. The van der Waals surface area contributed by atoms with E-state index in [0.29, 0.717) is 5.92 Å². The predicted molar refractivity (Wildman–Crippen MR) is 37.2 cm³/mol. The van der Waals surface area contributed by atoms with Crippen LogP contribution in [0.15, 0.2) is 0 Å². The van der Waals surface area contributed by atoms with E-state index >= 15 is 0 Å². The van der Waals surface area contributed by atoms with E-state index in [1.54, 1.807) is 0 Å². The Morgan fingerprint density at radius 1 is 1.56 bits per heavy atom. The van der Waals surface area contributed by atoms with Crippen LogP contribution in [0.4, 0.5) is 0 Å². The minimum Gasteiger partial charge on any atom is -0.303 e. The Kier molecular flexibility index (Phi) is 2.26. The molecule has 1 fully saturated rings. The Morgan fingerprint density at radius 2 is 2.33 bits per heavy atom. The van der Waals surface area contributed by atoms with Crippen molar-refractivity contribution in [2.45, 2.75) is 32.6 Å². The zero-order valence-electron chi connectivity index (χ0n) is 5.97. The summed E-state index contributed by atoms with van der Waals surface area (Å²) in [7, 11) is 0. The summed E-state index contributed by atoms with van der Waals surface area (Å²) in [6.45, 7) is 2.25. The number of hydrogen-bond acceptors (Lipinski definition) is 1. The van der Waals surface area contributed by atoms with Gasteiger partial charge in [0.05, 0.1) is 0 Å². The van der Waals surface area contributed by atoms with Gasteiger partial charge in [-0.25, -0.2) is 0 Å². The van der Waals surface area contributed by atoms with Crippen LogP contribution in [0.5, 0.6) is 0 Å². The monoisotopic (exact) mass is 126 g/mol. The molecule has 1 aliphatic rings. The molecule has 0 heterocycles. The van der Waals surface area contributed by atoms with Crippen LogP contribution >= 0.6 is 0 Å². The molecule has 0 aromatic heterocycles. The molecule has 0 aromatic rings. The van der Waals surface area contributed by atoms with Crippen molar-refractivity contribution in [2.75, 3.05) is 0 Å². The molecule has 0 N–H and O–H groups in total. The van der Waals surface area contributed by atoms with Crippen molar-refractivity contribution < 1.29 is 4.79 Å². The van der Waals surface area contributed by atoms with E-state index in [9.17, 15) is 4.79 Å². The van der Waals surface area contributed by atoms with Gasteiger partial charge in [0, 0.05) is 6.42 Å². The lowest BCUT2D eigenvalue weighted by Crippen LogP contribution is -2.03. The maximum absolute atomic E-state index is 10.1. The van der Waals surface area contributed by atoms with Crippen LogP contribution in [0.1, 0.15) is 32.6 Å². The van der Waals surface area contributed by atoms with E-state index in [2.05, 4.69) is 6.92 Å². The predicted octanol–water partition coefficient (Wildman–Crippen LogP) is 2.01. The Balaban J connectivity index is 2.30. The Labute approximate surface area is 56.4 Å². The molecule has 0 saturated heterocycles. The molecule has 1 aliphatic carbocycles. The maximum Gasteiger partial charge on any atom is 0.120 e. The molecule has 9 heavy (non-hydrogen) atoms. The molecule has 1 saturated carbocycles. The van der Waals surface area contributed by atoms with Crippen molar-refractivity contribution in [1.82, 2.24) is 0 Å². The minimum absolute atomic E-state index is 0.711. The second-order valence-corrected chi connectivity index (χ2v) is 3.07. The van der Waals surface area contributed by atoms with Crippen LogP contribution in [0, 0.1) is 11.8 Å². The van der Waals surface area contributed by atoms with E-state index in [4.69, 9.17) is 0 Å². The lowest BCUT2D eigenvalue weighted by Gasteiger charge is -2.09. The number of carbonyl (C=O) groups excluding carboxylic acids is 1. The van der Waals surface area contributed by atoms with Gasteiger partial charge in [0.1, 0.15) is 6.29 Å². The quantitative estimate of drug-likeness (QED) is 0.517. The number of hydrogen-bond donors (Lipinski definition) is 0. The summed E-state index contributed by atoms with van der Waals surface area (Å²) < 4.78 is 0. The molecule has 0 amide bonds. The Bertz CT molecular complexity index is 98.7. The maximum atomic E-state index is 10.1. The van der Waals surface area contributed by atoms with Gasteiger partial charge in [0.2, 0.25) is 0 Å². The highest BCUT2D eigenvalue weighted by Crippen LogP contribution is 2.32. The van der Waals surface area contributed by atoms with Crippen molar-refractivity contribution in [3.63, 3.8) is 0 Å². The third-order valence-corrected chi connectivity index (χ3v) is 2.44. The Morgan fingerprint density at radius 3 is 2.78 bits per heavy atom. The van der Waals surface area contributed by atoms with E-state index in [0.717, 1.165) is 18.6 Å². The summed E-state index contributed by atoms with van der Waals surface area (Å²) in [4.78, 5) is 10.1. The standard InChI is InChI=1S/C8H14O/c1-7-3-2-4-8(7)5-6-9/h6-8H,2-5H2,1H3/t7-,8?/m1/s1. The van der Waals surface area contributed by atoms with Gasteiger partial charge in [0.15, 0.2) is 0 Å². The third kappa shape index (κ3) is 1.54. The van der Waals surface area contributed by atoms with Crippen LogP contribution < -0.4 is 0 Å². The summed E-state index contributed by atoms with van der Waals surface area (Å²) >= 11 is 0. The molecular formula is C8H14O. The molecule has 0 aliphatic heterocycles. The van der Waals surface area contributed by atoms with Gasteiger partial charge < -0.3 is 4.79 Å². The van der Waals surface area contributed by atoms with Gasteiger partial charge in [-0.15, -0.1) is 0 Å². The minimum atomic E-state index is 0.711. The van der Waals surface area contributed by atoms with Gasteiger partial charge in [-0.1, -0.05) is 19.8 Å². The van der Waals surface area contributed by atoms with E-state index in [-0.39, 0.29) is 0 Å². The summed E-state index contributed by atoms with van der Waals surface area (Å²) in [5.74, 6) is 1.51. The molecule has 2 atom stereocenters. The van der Waals surface area contributed by atoms with Crippen LogP contribution in [-0.2, 0) is 4.79 Å². The van der Waals surface area contributed by atoms with Crippen LogP contribution in [-0.4, -0.2) is 6.29 Å². The largest absolute Gasteiger partial charge is 0.303 e. The molecule has 0 bridgehead atoms. The first kappa shape index (κ1) is 6.79. The smallest absolute Gasteiger partial charge is 0.120 e. The Hall–Kier alpha value is -0.330. The molecule has 0 radical (unpaired) electrons. The molecule has 1 nitrogen and oxygen atoms in total. The average molecular weight is 126 g/mol. The van der Waals surface area contributed by atoms with Gasteiger partial charge in [-0.2, -0.15) is 0 Å². The molecule has 0 spiro atoms. The third-order valence-electron chi connectivity index (χ3n) is 2.44. The highest BCUT2D eigenvalue weighted by molar-refractivity contribution is 5.49. The van der Waals surface area contributed by atoms with Crippen molar-refractivity contribution in [3.8, 4) is 0 Å². The summed E-state index contributed by atoms with van der Waals surface area (Å²) in [6, 6.07) is 0. The van der Waals surface area contributed by atoms with Crippen molar-refractivity contribution in [1.29, 1.82) is 0 Å².